The van der Waals surface area contributed by atoms with Crippen LogP contribution in [-0.2, 0) is 26.7 Å². The van der Waals surface area contributed by atoms with E-state index < -0.39 is 11.9 Å². The number of aromatic nitrogens is 4. The van der Waals surface area contributed by atoms with Gasteiger partial charge in [-0.3, -0.25) is 15.0 Å². The second kappa shape index (κ2) is 15.8. The fourth-order valence-electron chi connectivity index (χ4n) is 2.53. The van der Waals surface area contributed by atoms with Gasteiger partial charge in [-0.1, -0.05) is 12.1 Å². The summed E-state index contributed by atoms with van der Waals surface area (Å²) in [6.07, 6.45) is 7.13. The largest absolute Gasteiger partial charge is 2.00 e. The zero-order valence-corrected chi connectivity index (χ0v) is 19.2. The van der Waals surface area contributed by atoms with E-state index in [1.54, 1.807) is 24.8 Å². The Morgan fingerprint density at radius 3 is 1.41 bits per heavy atom. The molecule has 34 heavy (non-hydrogen) atoms. The zero-order valence-electron chi connectivity index (χ0n) is 18.3. The maximum Gasteiger partial charge on any atom is 2.00 e. The van der Waals surface area contributed by atoms with Crippen molar-refractivity contribution >= 4 is 11.9 Å². The van der Waals surface area contributed by atoms with E-state index in [0.717, 1.165) is 47.8 Å². The normalized spacial score (nSPS) is 8.88. The van der Waals surface area contributed by atoms with E-state index in [-0.39, 0.29) is 22.5 Å². The van der Waals surface area contributed by atoms with Gasteiger partial charge >= 0.3 is 17.1 Å². The Labute approximate surface area is 207 Å². The molecular formula is C24H22CuN4O5. The summed E-state index contributed by atoms with van der Waals surface area (Å²) in [5.41, 5.74) is 5.47. The number of carbonyl (C=O) groups excluding carboxylic acids is 2. The molecule has 0 aliphatic rings. The van der Waals surface area contributed by atoms with Crippen LogP contribution in [0.3, 0.4) is 0 Å². The maximum atomic E-state index is 8.89. The number of carboxylic acid groups (broad SMARTS) is 2. The average Bonchev–Trinajstić information content (AvgIpc) is 2.80. The summed E-state index contributed by atoms with van der Waals surface area (Å²) in [6, 6.07) is 19.7. The van der Waals surface area contributed by atoms with Gasteiger partial charge in [-0.15, -0.1) is 0 Å². The van der Waals surface area contributed by atoms with Crippen molar-refractivity contribution in [2.24, 2.45) is 0 Å². The van der Waals surface area contributed by atoms with Crippen LogP contribution in [0.25, 0.3) is 33.9 Å². The molecule has 0 amide bonds. The van der Waals surface area contributed by atoms with Gasteiger partial charge in [0.1, 0.15) is 0 Å². The molecule has 0 aliphatic carbocycles. The quantitative estimate of drug-likeness (QED) is 0.368. The Morgan fingerprint density at radius 2 is 1.06 bits per heavy atom. The third-order valence-electron chi connectivity index (χ3n) is 3.69. The van der Waals surface area contributed by atoms with E-state index in [0.29, 0.717) is 0 Å². The van der Waals surface area contributed by atoms with E-state index in [1.807, 2.05) is 60.7 Å². The predicted molar refractivity (Wildman–Crippen MR) is 119 cm³/mol. The maximum absolute atomic E-state index is 8.89. The fraction of sp³-hybridized carbons (Fsp3) is 0.0833. The van der Waals surface area contributed by atoms with Gasteiger partial charge in [0.25, 0.3) is 0 Å². The van der Waals surface area contributed by atoms with Gasteiger partial charge in [-0.2, -0.15) is 0 Å². The molecule has 0 spiro atoms. The molecule has 9 nitrogen and oxygen atoms in total. The molecule has 0 unspecified atom stereocenters. The number of aliphatic carboxylic acids is 2. The van der Waals surface area contributed by atoms with Crippen LogP contribution in [0.4, 0.5) is 0 Å². The van der Waals surface area contributed by atoms with Gasteiger partial charge in [0.2, 0.25) is 0 Å². The molecule has 10 heteroatoms. The van der Waals surface area contributed by atoms with Crippen LogP contribution in [0, 0.1) is 0 Å². The van der Waals surface area contributed by atoms with Gasteiger partial charge in [0, 0.05) is 36.7 Å². The molecule has 0 aliphatic heterocycles. The smallest absolute Gasteiger partial charge is 0.550 e. The van der Waals surface area contributed by atoms with Crippen LogP contribution in [0.2, 0.25) is 0 Å². The molecule has 0 atom stereocenters. The third kappa shape index (κ3) is 10.6. The summed E-state index contributed by atoms with van der Waals surface area (Å²) in [5, 5.41) is 17.8. The monoisotopic (exact) mass is 509 g/mol. The first-order valence-electron chi connectivity index (χ1n) is 9.47. The van der Waals surface area contributed by atoms with Crippen molar-refractivity contribution < 1.29 is 42.3 Å². The first-order chi connectivity index (χ1) is 15.4. The molecule has 0 bridgehead atoms. The molecule has 1 radical (unpaired) electrons. The van der Waals surface area contributed by atoms with Crippen molar-refractivity contribution in [3.63, 3.8) is 0 Å². The van der Waals surface area contributed by atoms with E-state index >= 15 is 0 Å². The zero-order chi connectivity index (χ0) is 23.3. The number of pyridine rings is 4. The Bertz CT molecular complexity index is 988. The Morgan fingerprint density at radius 1 is 0.647 bits per heavy atom. The molecule has 4 aromatic rings. The molecule has 0 aromatic carbocycles. The van der Waals surface area contributed by atoms with E-state index in [4.69, 9.17) is 24.8 Å². The van der Waals surface area contributed by atoms with Crippen LogP contribution >= 0.6 is 0 Å². The Hall–Kier alpha value is -3.98. The topological polar surface area (TPSA) is 163 Å². The molecule has 2 N–H and O–H groups in total. The van der Waals surface area contributed by atoms with Crippen molar-refractivity contribution in [1.29, 1.82) is 0 Å². The minimum atomic E-state index is -1.08. The number of hydrogen-bond acceptors (Lipinski definition) is 8. The van der Waals surface area contributed by atoms with E-state index in [2.05, 4.69) is 15.0 Å². The molecular weight excluding hydrogens is 488 g/mol. The van der Waals surface area contributed by atoms with Crippen LogP contribution in [0.15, 0.2) is 85.5 Å². The molecule has 4 heterocycles. The van der Waals surface area contributed by atoms with Gasteiger partial charge in [-0.25, -0.2) is 4.98 Å². The van der Waals surface area contributed by atoms with Gasteiger partial charge < -0.3 is 25.3 Å². The predicted octanol–water partition coefficient (Wildman–Crippen LogP) is 0.953. The fourth-order valence-corrected chi connectivity index (χ4v) is 2.53. The van der Waals surface area contributed by atoms with Crippen LogP contribution in [-0.4, -0.2) is 37.4 Å². The van der Waals surface area contributed by atoms with Crippen LogP contribution in [0.5, 0.6) is 0 Å². The number of rotatable bonds is 3. The van der Waals surface area contributed by atoms with Crippen LogP contribution < -0.4 is 10.2 Å². The van der Waals surface area contributed by atoms with Crippen molar-refractivity contribution in [2.75, 3.05) is 0 Å². The Kier molecular flexibility index (Phi) is 13.9. The molecule has 4 rings (SSSR count). The second-order valence-corrected chi connectivity index (χ2v) is 6.28. The molecule has 0 fully saturated rings. The number of nitrogens with zero attached hydrogens (tertiary/aromatic N) is 4. The van der Waals surface area contributed by atoms with E-state index in [9.17, 15) is 0 Å². The number of carbonyl (C=O) groups is 2. The van der Waals surface area contributed by atoms with Crippen molar-refractivity contribution in [3.05, 3.63) is 85.5 Å². The van der Waals surface area contributed by atoms with Gasteiger partial charge in [0.15, 0.2) is 0 Å². The molecule has 0 saturated carbocycles. The SMILES string of the molecule is CC(=O)[O-].CC(=O)[O-].O.[Cu+2].c1ccc(-c2cc(-c3ccncc3)cc(-c3ccccn3)n2)nc1. The molecule has 179 valence electrons. The van der Waals surface area contributed by atoms with Crippen LogP contribution in [0.1, 0.15) is 13.8 Å². The van der Waals surface area contributed by atoms with Gasteiger partial charge in [-0.05, 0) is 73.5 Å². The second-order valence-electron chi connectivity index (χ2n) is 6.28. The summed E-state index contributed by atoms with van der Waals surface area (Å²) in [5.74, 6) is -2.17. The summed E-state index contributed by atoms with van der Waals surface area (Å²) in [7, 11) is 0. The van der Waals surface area contributed by atoms with Crippen molar-refractivity contribution in [3.8, 4) is 33.9 Å². The van der Waals surface area contributed by atoms with Crippen molar-refractivity contribution in [2.45, 2.75) is 13.8 Å². The van der Waals surface area contributed by atoms with Gasteiger partial charge in [0.05, 0.1) is 22.8 Å². The first-order valence-corrected chi connectivity index (χ1v) is 9.47. The Balaban J connectivity index is 0.000000957. The minimum Gasteiger partial charge on any atom is -0.550 e. The molecule has 4 aromatic heterocycles. The van der Waals surface area contributed by atoms with E-state index in [1.165, 1.54) is 0 Å². The summed E-state index contributed by atoms with van der Waals surface area (Å²) >= 11 is 0. The summed E-state index contributed by atoms with van der Waals surface area (Å²) < 4.78 is 0. The summed E-state index contributed by atoms with van der Waals surface area (Å²) in [4.78, 5) is 35.5. The molecule has 0 saturated heterocycles. The average molecular weight is 510 g/mol. The first kappa shape index (κ1) is 30.0. The van der Waals surface area contributed by atoms with Crippen molar-refractivity contribution in [1.82, 2.24) is 19.9 Å². The number of hydrogen-bond donors (Lipinski definition) is 0. The standard InChI is InChI=1S/C20H14N4.2C2H4O2.Cu.H2O/c1-3-9-22-17(5-1)19-13-16(15-7-11-21-12-8-15)14-20(24-19)18-6-2-4-10-23-18;2*1-2(3)4;;/h1-14H;2*1H3,(H,3,4);;1H2/q;;;+2;/p-2. The summed E-state index contributed by atoms with van der Waals surface area (Å²) in [6.45, 7) is 1.94. The minimum absolute atomic E-state index is 0. The number of carboxylic acids is 2. The third-order valence-corrected chi connectivity index (χ3v) is 3.69.